The quantitative estimate of drug-likeness (QED) is 0.831. The first-order valence-corrected chi connectivity index (χ1v) is 5.68. The normalized spacial score (nSPS) is 13.7. The van der Waals surface area contributed by atoms with Crippen molar-refractivity contribution < 1.29 is 9.53 Å². The maximum atomic E-state index is 11.6. The highest BCUT2D eigenvalue weighted by Crippen LogP contribution is 2.35. The topological polar surface area (TPSA) is 82.0 Å². The number of carbonyl (C=O) groups excluding carboxylic acids is 1. The molecule has 1 N–H and O–H groups in total. The third-order valence-corrected chi connectivity index (χ3v) is 3.08. The van der Waals surface area contributed by atoms with Crippen molar-refractivity contribution in [3.8, 4) is 23.1 Å². The average molecular weight is 254 g/mol. The summed E-state index contributed by atoms with van der Waals surface area (Å²) in [7, 11) is 1.70. The molecule has 1 aliphatic heterocycles. The second-order valence-electron chi connectivity index (χ2n) is 4.16. The third kappa shape index (κ3) is 1.72. The molecular weight excluding hydrogens is 244 g/mol. The van der Waals surface area contributed by atoms with E-state index < -0.39 is 0 Å². The molecule has 1 aliphatic rings. The van der Waals surface area contributed by atoms with Crippen LogP contribution in [0, 0.1) is 11.3 Å². The Balaban J connectivity index is 2.12. The van der Waals surface area contributed by atoms with E-state index in [0.717, 1.165) is 5.56 Å². The van der Waals surface area contributed by atoms with E-state index in [1.165, 1.54) is 6.33 Å². The molecule has 0 bridgehead atoms. The standard InChI is InChI=1S/C13H10N4O2/c1-17-10-4-8(13-9(5-14)15-7-16-13)2-3-11(10)19-6-12(17)18/h2-4,7H,6H2,1H3,(H,15,16). The van der Waals surface area contributed by atoms with Gasteiger partial charge in [-0.15, -0.1) is 0 Å². The summed E-state index contributed by atoms with van der Waals surface area (Å²) in [5, 5.41) is 8.98. The minimum Gasteiger partial charge on any atom is -0.482 e. The number of amides is 1. The zero-order chi connectivity index (χ0) is 13.4. The molecule has 0 saturated heterocycles. The van der Waals surface area contributed by atoms with Gasteiger partial charge in [-0.1, -0.05) is 0 Å². The Hall–Kier alpha value is -2.81. The molecular formula is C13H10N4O2. The van der Waals surface area contributed by atoms with Crippen LogP contribution in [0.5, 0.6) is 5.75 Å². The number of nitriles is 1. The van der Waals surface area contributed by atoms with Crippen LogP contribution in [-0.4, -0.2) is 29.5 Å². The first-order chi connectivity index (χ1) is 9.20. The molecule has 0 saturated carbocycles. The fraction of sp³-hybridized carbons (Fsp3) is 0.154. The molecule has 6 heteroatoms. The Morgan fingerprint density at radius 2 is 2.37 bits per heavy atom. The lowest BCUT2D eigenvalue weighted by Gasteiger charge is -2.26. The molecule has 1 aromatic heterocycles. The predicted octanol–water partition coefficient (Wildman–Crippen LogP) is 1.30. The van der Waals surface area contributed by atoms with Crippen molar-refractivity contribution in [2.24, 2.45) is 0 Å². The van der Waals surface area contributed by atoms with E-state index in [0.29, 0.717) is 22.8 Å². The average Bonchev–Trinajstić information content (AvgIpc) is 2.91. The zero-order valence-corrected chi connectivity index (χ0v) is 10.2. The highest BCUT2D eigenvalue weighted by atomic mass is 16.5. The van der Waals surface area contributed by atoms with E-state index in [1.807, 2.05) is 12.1 Å². The first kappa shape index (κ1) is 11.3. The zero-order valence-electron chi connectivity index (χ0n) is 10.2. The molecule has 2 heterocycles. The second-order valence-corrected chi connectivity index (χ2v) is 4.16. The highest BCUT2D eigenvalue weighted by molar-refractivity contribution is 5.98. The van der Waals surface area contributed by atoms with Crippen LogP contribution in [0.25, 0.3) is 11.3 Å². The van der Waals surface area contributed by atoms with E-state index in [-0.39, 0.29) is 12.5 Å². The van der Waals surface area contributed by atoms with Crippen molar-refractivity contribution in [3.63, 3.8) is 0 Å². The number of rotatable bonds is 1. The van der Waals surface area contributed by atoms with Crippen LogP contribution in [-0.2, 0) is 4.79 Å². The van der Waals surface area contributed by atoms with Crippen LogP contribution in [0.4, 0.5) is 5.69 Å². The lowest BCUT2D eigenvalue weighted by atomic mass is 10.1. The number of hydrogen-bond donors (Lipinski definition) is 1. The number of anilines is 1. The lowest BCUT2D eigenvalue weighted by Crippen LogP contribution is -2.35. The van der Waals surface area contributed by atoms with Crippen LogP contribution in [0.1, 0.15) is 5.69 Å². The number of imidazole rings is 1. The Morgan fingerprint density at radius 3 is 3.16 bits per heavy atom. The summed E-state index contributed by atoms with van der Waals surface area (Å²) in [6, 6.07) is 7.44. The van der Waals surface area contributed by atoms with Gasteiger partial charge in [0.05, 0.1) is 17.7 Å². The van der Waals surface area contributed by atoms with Gasteiger partial charge in [0.2, 0.25) is 0 Å². The number of nitrogens with zero attached hydrogens (tertiary/aromatic N) is 3. The number of hydrogen-bond acceptors (Lipinski definition) is 4. The van der Waals surface area contributed by atoms with E-state index in [4.69, 9.17) is 10.00 Å². The predicted molar refractivity (Wildman–Crippen MR) is 67.6 cm³/mol. The molecule has 0 atom stereocenters. The van der Waals surface area contributed by atoms with Crippen molar-refractivity contribution in [1.29, 1.82) is 5.26 Å². The Kier molecular flexibility index (Phi) is 2.46. The summed E-state index contributed by atoms with van der Waals surface area (Å²) in [5.41, 5.74) is 2.44. The SMILES string of the molecule is CN1C(=O)COc2ccc(-c3[nH]cnc3C#N)cc21. The highest BCUT2D eigenvalue weighted by Gasteiger charge is 2.23. The molecule has 0 fully saturated rings. The summed E-state index contributed by atoms with van der Waals surface area (Å²) in [6.07, 6.45) is 1.47. The minimum atomic E-state index is -0.102. The smallest absolute Gasteiger partial charge is 0.264 e. The van der Waals surface area contributed by atoms with Crippen LogP contribution < -0.4 is 9.64 Å². The van der Waals surface area contributed by atoms with Gasteiger partial charge < -0.3 is 14.6 Å². The van der Waals surface area contributed by atoms with Crippen molar-refractivity contribution in [2.75, 3.05) is 18.6 Å². The molecule has 3 rings (SSSR count). The van der Waals surface area contributed by atoms with E-state index >= 15 is 0 Å². The largest absolute Gasteiger partial charge is 0.482 e. The number of ether oxygens (including phenoxy) is 1. The second kappa shape index (κ2) is 4.14. The fourth-order valence-electron chi connectivity index (χ4n) is 2.03. The van der Waals surface area contributed by atoms with Crippen molar-refractivity contribution >= 4 is 11.6 Å². The number of fused-ring (bicyclic) bond motifs is 1. The molecule has 19 heavy (non-hydrogen) atoms. The number of aromatic amines is 1. The lowest BCUT2D eigenvalue weighted by molar-refractivity contribution is -0.120. The van der Waals surface area contributed by atoms with Crippen LogP contribution in [0.2, 0.25) is 0 Å². The van der Waals surface area contributed by atoms with Gasteiger partial charge in [-0.3, -0.25) is 4.79 Å². The summed E-state index contributed by atoms with van der Waals surface area (Å²) in [4.78, 5) is 20.0. The van der Waals surface area contributed by atoms with Crippen molar-refractivity contribution in [1.82, 2.24) is 9.97 Å². The molecule has 0 spiro atoms. The van der Waals surface area contributed by atoms with Gasteiger partial charge in [-0.05, 0) is 18.2 Å². The minimum absolute atomic E-state index is 0.0519. The van der Waals surface area contributed by atoms with Crippen LogP contribution in [0.15, 0.2) is 24.5 Å². The summed E-state index contributed by atoms with van der Waals surface area (Å²) < 4.78 is 5.35. The monoisotopic (exact) mass is 254 g/mol. The molecule has 1 aromatic carbocycles. The van der Waals surface area contributed by atoms with E-state index in [2.05, 4.69) is 9.97 Å². The van der Waals surface area contributed by atoms with Gasteiger partial charge in [0, 0.05) is 12.6 Å². The van der Waals surface area contributed by atoms with Gasteiger partial charge in [0.25, 0.3) is 5.91 Å². The molecule has 6 nitrogen and oxygen atoms in total. The molecule has 0 unspecified atom stereocenters. The molecule has 94 valence electrons. The number of nitrogens with one attached hydrogen (secondary N) is 1. The fourth-order valence-corrected chi connectivity index (χ4v) is 2.03. The van der Waals surface area contributed by atoms with Gasteiger partial charge in [-0.25, -0.2) is 4.98 Å². The maximum absolute atomic E-state index is 11.6. The van der Waals surface area contributed by atoms with Gasteiger partial charge >= 0.3 is 0 Å². The molecule has 0 aliphatic carbocycles. The van der Waals surface area contributed by atoms with Gasteiger partial charge in [0.15, 0.2) is 12.3 Å². The van der Waals surface area contributed by atoms with E-state index in [9.17, 15) is 4.79 Å². The van der Waals surface area contributed by atoms with Crippen LogP contribution in [0.3, 0.4) is 0 Å². The van der Waals surface area contributed by atoms with Crippen molar-refractivity contribution in [2.45, 2.75) is 0 Å². The number of aromatic nitrogens is 2. The number of carbonyl (C=O) groups is 1. The van der Waals surface area contributed by atoms with Crippen molar-refractivity contribution in [3.05, 3.63) is 30.2 Å². The number of benzene rings is 1. The van der Waals surface area contributed by atoms with Crippen LogP contribution >= 0.6 is 0 Å². The molecule has 2 aromatic rings. The summed E-state index contributed by atoms with van der Waals surface area (Å²) in [5.74, 6) is 0.554. The number of H-pyrrole nitrogens is 1. The Bertz CT molecular complexity index is 699. The van der Waals surface area contributed by atoms with E-state index in [1.54, 1.807) is 24.1 Å². The third-order valence-electron chi connectivity index (χ3n) is 3.08. The summed E-state index contributed by atoms with van der Waals surface area (Å²) in [6.45, 7) is 0.0519. The van der Waals surface area contributed by atoms with Gasteiger partial charge in [-0.2, -0.15) is 5.26 Å². The molecule has 0 radical (unpaired) electrons. The Morgan fingerprint density at radius 1 is 1.53 bits per heavy atom. The van der Waals surface area contributed by atoms with Gasteiger partial charge in [0.1, 0.15) is 11.8 Å². The molecule has 1 amide bonds. The Labute approximate surface area is 109 Å². The maximum Gasteiger partial charge on any atom is 0.264 e. The summed E-state index contributed by atoms with van der Waals surface area (Å²) >= 11 is 0. The number of likely N-dealkylation sites (N-methyl/N-ethyl adjacent to an activating group) is 1. The first-order valence-electron chi connectivity index (χ1n) is 5.68.